The van der Waals surface area contributed by atoms with Gasteiger partial charge in [-0.1, -0.05) is 84.4 Å². The summed E-state index contributed by atoms with van der Waals surface area (Å²) in [4.78, 5) is 13.7. The molecule has 0 N–H and O–H groups in total. The van der Waals surface area contributed by atoms with E-state index in [2.05, 4.69) is 13.8 Å². The largest absolute Gasteiger partial charge is 0.378 e. The van der Waals surface area contributed by atoms with E-state index in [0.717, 1.165) is 5.56 Å². The molecule has 2 aromatic carbocycles. The zero-order chi connectivity index (χ0) is 21.6. The fourth-order valence-corrected chi connectivity index (χ4v) is 1.94. The summed E-state index contributed by atoms with van der Waals surface area (Å²) < 4.78 is 17.1. The highest BCUT2D eigenvalue weighted by molar-refractivity contribution is 5.94. The van der Waals surface area contributed by atoms with Gasteiger partial charge in [0.2, 0.25) is 0 Å². The van der Waals surface area contributed by atoms with Gasteiger partial charge in [0.25, 0.3) is 5.91 Å². The lowest BCUT2D eigenvalue weighted by Gasteiger charge is -2.26. The molecule has 158 valence electrons. The molecule has 0 atom stereocenters. The number of amides is 1. The summed E-state index contributed by atoms with van der Waals surface area (Å²) in [5.41, 5.74) is 0.759. The SMILES string of the molecule is CC.CC.CCC.Fc1ccccc1.O=C(c1ccccc1)N1CCOCC1. The zero-order valence-corrected chi connectivity index (χ0v) is 18.5. The second-order valence-corrected chi connectivity index (χ2v) is 5.27. The van der Waals surface area contributed by atoms with E-state index in [1.54, 1.807) is 18.2 Å². The number of carbonyl (C=O) groups is 1. The van der Waals surface area contributed by atoms with E-state index < -0.39 is 0 Å². The van der Waals surface area contributed by atoms with Crippen molar-refractivity contribution in [3.05, 3.63) is 72.0 Å². The number of halogens is 1. The molecular formula is C24H38FNO2. The number of morpholine rings is 1. The smallest absolute Gasteiger partial charge is 0.254 e. The van der Waals surface area contributed by atoms with Crippen molar-refractivity contribution >= 4 is 5.91 Å². The topological polar surface area (TPSA) is 29.5 Å². The van der Waals surface area contributed by atoms with Crippen molar-refractivity contribution in [1.29, 1.82) is 0 Å². The molecule has 1 amide bonds. The van der Waals surface area contributed by atoms with Gasteiger partial charge in [-0.25, -0.2) is 4.39 Å². The first-order valence-electron chi connectivity index (χ1n) is 10.3. The fourth-order valence-electron chi connectivity index (χ4n) is 1.94. The number of hydrogen-bond acceptors (Lipinski definition) is 2. The number of carbonyl (C=O) groups excluding carboxylic acids is 1. The van der Waals surface area contributed by atoms with Crippen LogP contribution in [0.1, 0.15) is 58.3 Å². The van der Waals surface area contributed by atoms with Gasteiger partial charge in [-0.05, 0) is 24.3 Å². The molecular weight excluding hydrogens is 353 g/mol. The van der Waals surface area contributed by atoms with Crippen LogP contribution in [0.25, 0.3) is 0 Å². The second kappa shape index (κ2) is 21.1. The Morgan fingerprint density at radius 1 is 0.857 bits per heavy atom. The summed E-state index contributed by atoms with van der Waals surface area (Å²) >= 11 is 0. The average molecular weight is 392 g/mol. The minimum absolute atomic E-state index is 0.105. The van der Waals surface area contributed by atoms with Crippen LogP contribution < -0.4 is 0 Å². The van der Waals surface area contributed by atoms with E-state index in [4.69, 9.17) is 4.74 Å². The Balaban J connectivity index is 0. The van der Waals surface area contributed by atoms with Crippen molar-refractivity contribution in [3.8, 4) is 0 Å². The fraction of sp³-hybridized carbons (Fsp3) is 0.458. The van der Waals surface area contributed by atoms with Gasteiger partial charge in [0.05, 0.1) is 13.2 Å². The van der Waals surface area contributed by atoms with E-state index in [0.29, 0.717) is 26.3 Å². The summed E-state index contributed by atoms with van der Waals surface area (Å²) in [5.74, 6) is -0.0728. The summed E-state index contributed by atoms with van der Waals surface area (Å²) in [6.45, 7) is 15.0. The Morgan fingerprint density at radius 3 is 1.61 bits per heavy atom. The number of rotatable bonds is 1. The maximum absolute atomic E-state index is 11.9. The average Bonchev–Trinajstić information content (AvgIpc) is 2.79. The molecule has 4 heteroatoms. The molecule has 1 heterocycles. The van der Waals surface area contributed by atoms with Crippen molar-refractivity contribution < 1.29 is 13.9 Å². The molecule has 0 aromatic heterocycles. The van der Waals surface area contributed by atoms with Crippen LogP contribution in [0.5, 0.6) is 0 Å². The van der Waals surface area contributed by atoms with Crippen LogP contribution in [0, 0.1) is 5.82 Å². The Hall–Kier alpha value is -2.20. The van der Waals surface area contributed by atoms with Gasteiger partial charge in [-0.3, -0.25) is 4.79 Å². The molecule has 3 rings (SSSR count). The van der Waals surface area contributed by atoms with Crippen LogP contribution in [-0.2, 0) is 4.74 Å². The van der Waals surface area contributed by atoms with E-state index in [9.17, 15) is 9.18 Å². The summed E-state index contributed by atoms with van der Waals surface area (Å²) in [5, 5.41) is 0. The minimum Gasteiger partial charge on any atom is -0.378 e. The van der Waals surface area contributed by atoms with Crippen LogP contribution in [0.4, 0.5) is 4.39 Å². The Morgan fingerprint density at radius 2 is 1.25 bits per heavy atom. The van der Waals surface area contributed by atoms with Gasteiger partial charge < -0.3 is 9.64 Å². The monoisotopic (exact) mass is 391 g/mol. The van der Waals surface area contributed by atoms with Gasteiger partial charge in [-0.15, -0.1) is 0 Å². The first-order valence-corrected chi connectivity index (χ1v) is 10.3. The molecule has 0 aliphatic carbocycles. The molecule has 0 saturated carbocycles. The maximum Gasteiger partial charge on any atom is 0.254 e. The lowest BCUT2D eigenvalue weighted by molar-refractivity contribution is 0.0303. The highest BCUT2D eigenvalue weighted by atomic mass is 19.1. The van der Waals surface area contributed by atoms with Gasteiger partial charge in [0.15, 0.2) is 0 Å². The predicted molar refractivity (Wildman–Crippen MR) is 118 cm³/mol. The third kappa shape index (κ3) is 13.9. The molecule has 2 aromatic rings. The predicted octanol–water partition coefficient (Wildman–Crippen LogP) is 6.45. The zero-order valence-electron chi connectivity index (χ0n) is 18.5. The molecule has 0 bridgehead atoms. The summed E-state index contributed by atoms with van der Waals surface area (Å²) in [7, 11) is 0. The Kier molecular flexibility index (Phi) is 21.1. The molecule has 1 saturated heterocycles. The van der Waals surface area contributed by atoms with E-state index in [1.165, 1.54) is 18.6 Å². The van der Waals surface area contributed by atoms with Crippen LogP contribution >= 0.6 is 0 Å². The lowest BCUT2D eigenvalue weighted by atomic mass is 10.2. The van der Waals surface area contributed by atoms with Crippen molar-refractivity contribution in [2.24, 2.45) is 0 Å². The highest BCUT2D eigenvalue weighted by Gasteiger charge is 2.17. The first kappa shape index (κ1) is 28.0. The highest BCUT2D eigenvalue weighted by Crippen LogP contribution is 2.06. The molecule has 1 aliphatic rings. The molecule has 28 heavy (non-hydrogen) atoms. The number of hydrogen-bond donors (Lipinski definition) is 0. The normalized spacial score (nSPS) is 11.6. The van der Waals surface area contributed by atoms with Gasteiger partial charge in [0.1, 0.15) is 5.82 Å². The van der Waals surface area contributed by atoms with Crippen molar-refractivity contribution in [3.63, 3.8) is 0 Å². The third-order valence-corrected chi connectivity index (χ3v) is 3.05. The Bertz CT molecular complexity index is 555. The first-order chi connectivity index (χ1) is 13.7. The van der Waals surface area contributed by atoms with Gasteiger partial charge >= 0.3 is 0 Å². The number of nitrogens with zero attached hydrogens (tertiary/aromatic N) is 1. The van der Waals surface area contributed by atoms with Crippen molar-refractivity contribution in [1.82, 2.24) is 4.90 Å². The quantitative estimate of drug-likeness (QED) is 0.559. The minimum atomic E-state index is -0.178. The summed E-state index contributed by atoms with van der Waals surface area (Å²) in [6.07, 6.45) is 1.25. The van der Waals surface area contributed by atoms with E-state index in [1.807, 2.05) is 62.9 Å². The molecule has 3 nitrogen and oxygen atoms in total. The molecule has 0 radical (unpaired) electrons. The molecule has 0 spiro atoms. The Labute approximate surface area is 171 Å². The number of benzene rings is 2. The lowest BCUT2D eigenvalue weighted by Crippen LogP contribution is -2.40. The molecule has 0 unspecified atom stereocenters. The van der Waals surface area contributed by atoms with E-state index in [-0.39, 0.29) is 11.7 Å². The van der Waals surface area contributed by atoms with Crippen LogP contribution in [0.3, 0.4) is 0 Å². The summed E-state index contributed by atoms with van der Waals surface area (Å²) in [6, 6.07) is 17.3. The van der Waals surface area contributed by atoms with Gasteiger partial charge in [0, 0.05) is 18.7 Å². The molecule has 1 fully saturated rings. The third-order valence-electron chi connectivity index (χ3n) is 3.05. The second-order valence-electron chi connectivity index (χ2n) is 5.27. The maximum atomic E-state index is 11.9. The van der Waals surface area contributed by atoms with Crippen molar-refractivity contribution in [2.75, 3.05) is 26.3 Å². The van der Waals surface area contributed by atoms with E-state index >= 15 is 0 Å². The molecule has 1 aliphatic heterocycles. The van der Waals surface area contributed by atoms with Gasteiger partial charge in [-0.2, -0.15) is 0 Å². The van der Waals surface area contributed by atoms with Crippen LogP contribution in [0.15, 0.2) is 60.7 Å². The number of ether oxygens (including phenoxy) is 1. The van der Waals surface area contributed by atoms with Crippen LogP contribution in [-0.4, -0.2) is 37.1 Å². The van der Waals surface area contributed by atoms with Crippen LogP contribution in [0.2, 0.25) is 0 Å². The standard InChI is InChI=1S/C11H13NO2.C6H5F.C3H8.2C2H6/c13-11(10-4-2-1-3-5-10)12-6-8-14-9-7-12;7-6-4-2-1-3-5-6;1-3-2;2*1-2/h1-5H,6-9H2;1-5H;3H2,1-2H3;2*1-2H3. The van der Waals surface area contributed by atoms with Crippen molar-refractivity contribution in [2.45, 2.75) is 48.0 Å².